The summed E-state index contributed by atoms with van der Waals surface area (Å²) in [5.74, 6) is 1.11. The molecule has 1 aromatic carbocycles. The van der Waals surface area contributed by atoms with Gasteiger partial charge in [0.1, 0.15) is 66.0 Å². The first-order valence-corrected chi connectivity index (χ1v) is 15.9. The molecule has 7 N–H and O–H groups in total. The lowest BCUT2D eigenvalue weighted by Crippen LogP contribution is -3.13. The number of aliphatic hydroxyl groups is 5. The van der Waals surface area contributed by atoms with Gasteiger partial charge < -0.3 is 40.0 Å². The third-order valence-corrected chi connectivity index (χ3v) is 9.80. The van der Waals surface area contributed by atoms with Crippen molar-refractivity contribution in [3.05, 3.63) is 64.3 Å². The Morgan fingerprint density at radius 2 is 2.02 bits per heavy atom. The van der Waals surface area contributed by atoms with Crippen LogP contribution < -0.4 is 20.4 Å². The molecule has 0 saturated carbocycles. The van der Waals surface area contributed by atoms with Gasteiger partial charge in [-0.15, -0.1) is 0 Å². The Bertz CT molecular complexity index is 1660. The number of nitrogens with one attached hydrogen (secondary N) is 2. The number of fused-ring (bicyclic) bond motifs is 3. The predicted octanol–water partition coefficient (Wildman–Crippen LogP) is -1.42. The second kappa shape index (κ2) is 13.2. The smallest absolute Gasteiger partial charge is 0.220 e. The van der Waals surface area contributed by atoms with Crippen LogP contribution in [0, 0.1) is 12.8 Å². The summed E-state index contributed by atoms with van der Waals surface area (Å²) in [6, 6.07) is 4.57. The molecule has 2 unspecified atom stereocenters. The molecular weight excluding hydrogens is 614 g/mol. The highest BCUT2D eigenvalue weighted by atomic mass is 17.2. The zero-order chi connectivity index (χ0) is 33.5. The fourth-order valence-electron chi connectivity index (χ4n) is 6.87. The maximum Gasteiger partial charge on any atom is 0.220 e. The van der Waals surface area contributed by atoms with Crippen LogP contribution in [0.25, 0.3) is 11.0 Å². The van der Waals surface area contributed by atoms with Crippen LogP contribution in [-0.4, -0.2) is 105 Å². The van der Waals surface area contributed by atoms with E-state index < -0.39 is 48.8 Å². The van der Waals surface area contributed by atoms with Gasteiger partial charge in [0.2, 0.25) is 5.91 Å². The number of benzene rings is 1. The zero-order valence-corrected chi connectivity index (χ0v) is 26.3. The van der Waals surface area contributed by atoms with Gasteiger partial charge in [0.15, 0.2) is 17.1 Å². The van der Waals surface area contributed by atoms with Crippen LogP contribution in [0.2, 0.25) is 0 Å². The van der Waals surface area contributed by atoms with Crippen LogP contribution in [-0.2, 0) is 21.0 Å². The van der Waals surface area contributed by atoms with E-state index in [1.54, 1.807) is 37.5 Å². The third kappa shape index (κ3) is 6.65. The Balaban J connectivity index is 1.20. The fraction of sp³-hybridized carbons (Fsp3) is 0.545. The van der Waals surface area contributed by atoms with E-state index in [0.717, 1.165) is 5.71 Å². The number of aliphatic hydroxyl groups excluding tert-OH is 4. The van der Waals surface area contributed by atoms with E-state index >= 15 is 0 Å². The Hall–Kier alpha value is -3.47. The van der Waals surface area contributed by atoms with E-state index in [1.165, 1.54) is 6.07 Å². The first kappa shape index (κ1) is 33.4. The average Bonchev–Trinajstić information content (AvgIpc) is 3.77. The van der Waals surface area contributed by atoms with Gasteiger partial charge in [-0.05, 0) is 50.3 Å². The Morgan fingerprint density at radius 1 is 1.21 bits per heavy atom. The summed E-state index contributed by atoms with van der Waals surface area (Å²) >= 11 is 0. The van der Waals surface area contributed by atoms with Gasteiger partial charge in [-0.2, -0.15) is 0 Å². The first-order chi connectivity index (χ1) is 22.4. The van der Waals surface area contributed by atoms with E-state index in [-0.39, 0.29) is 36.3 Å². The summed E-state index contributed by atoms with van der Waals surface area (Å²) in [7, 11) is 0. The van der Waals surface area contributed by atoms with E-state index in [2.05, 4.69) is 10.3 Å². The van der Waals surface area contributed by atoms with Crippen molar-refractivity contribution in [1.29, 1.82) is 0 Å². The number of rotatable bonds is 13. The van der Waals surface area contributed by atoms with Crippen LogP contribution in [0.4, 0.5) is 0 Å². The van der Waals surface area contributed by atoms with Crippen LogP contribution >= 0.6 is 0 Å². The Morgan fingerprint density at radius 3 is 2.77 bits per heavy atom. The van der Waals surface area contributed by atoms with Crippen molar-refractivity contribution in [2.45, 2.75) is 81.2 Å². The van der Waals surface area contributed by atoms with E-state index in [9.17, 15) is 35.1 Å². The second-order valence-electron chi connectivity index (χ2n) is 13.2. The van der Waals surface area contributed by atoms with E-state index in [1.807, 2.05) is 13.0 Å². The number of carbonyl (C=O) groups is 1. The molecule has 0 bridgehead atoms. The topological polar surface area (TPSA) is 205 Å². The van der Waals surface area contributed by atoms with Gasteiger partial charge >= 0.3 is 0 Å². The second-order valence-corrected chi connectivity index (χ2v) is 13.2. The summed E-state index contributed by atoms with van der Waals surface area (Å²) in [6.07, 6.45) is 2.58. The van der Waals surface area contributed by atoms with Crippen molar-refractivity contribution in [3.8, 4) is 5.75 Å². The minimum Gasteiger partial charge on any atom is -0.484 e. The number of hydrogen-bond donors (Lipinski definition) is 7. The standard InChI is InChI=1S/C33H41N3O11/c1-18-9-24(38)21-11-20-12-29(32(2,46-26(20)13-27(21)45-18)6-3-19-10-30(41)35-14-19)47-44-16-28(40)33(43,31(42)25(39)15-37)17-36-8-5-22-23(36)4-7-34-22/h4-5,7-9,11,13,19,23,25,28-29,31,37,39-40,42-43H,3,6,10,12,14-17H2,1-2H3,(H,35,41)/p+1/t19-,23?,25-,28+,29-,31-,32-,33-/m1/s1. The van der Waals surface area contributed by atoms with Crippen LogP contribution in [0.3, 0.4) is 0 Å². The Kier molecular flexibility index (Phi) is 9.39. The summed E-state index contributed by atoms with van der Waals surface area (Å²) in [5.41, 5.74) is -1.67. The highest BCUT2D eigenvalue weighted by Gasteiger charge is 2.51. The number of aliphatic imine (C=N–C) groups is 1. The van der Waals surface area contributed by atoms with Crippen molar-refractivity contribution in [1.82, 2.24) is 5.32 Å². The molecule has 0 aliphatic carbocycles. The molecule has 254 valence electrons. The van der Waals surface area contributed by atoms with Gasteiger partial charge in [0.25, 0.3) is 0 Å². The van der Waals surface area contributed by atoms with Crippen molar-refractivity contribution >= 4 is 22.6 Å². The predicted molar refractivity (Wildman–Crippen MR) is 167 cm³/mol. The van der Waals surface area contributed by atoms with Gasteiger partial charge in [-0.25, -0.2) is 9.78 Å². The maximum atomic E-state index is 12.7. The van der Waals surface area contributed by atoms with Crippen molar-refractivity contribution < 1.29 is 54.2 Å². The third-order valence-electron chi connectivity index (χ3n) is 9.80. The lowest BCUT2D eigenvalue weighted by molar-refractivity contribution is -0.861. The van der Waals surface area contributed by atoms with E-state index in [0.29, 0.717) is 58.7 Å². The molecule has 2 aromatic rings. The largest absolute Gasteiger partial charge is 0.484 e. The monoisotopic (exact) mass is 656 g/mol. The maximum absolute atomic E-state index is 12.7. The minimum atomic E-state index is -2.33. The van der Waals surface area contributed by atoms with Crippen molar-refractivity contribution in [3.63, 3.8) is 0 Å². The molecule has 1 saturated heterocycles. The number of quaternary nitrogens is 1. The van der Waals surface area contributed by atoms with Gasteiger partial charge in [0.05, 0.1) is 18.2 Å². The highest BCUT2D eigenvalue weighted by Crippen LogP contribution is 2.40. The minimum absolute atomic E-state index is 0.00300. The van der Waals surface area contributed by atoms with Crippen LogP contribution in [0.1, 0.15) is 37.5 Å². The molecule has 1 fully saturated rings. The van der Waals surface area contributed by atoms with Crippen LogP contribution in [0.5, 0.6) is 5.75 Å². The highest BCUT2D eigenvalue weighted by molar-refractivity contribution is 6.02. The number of hydrogen-bond acceptors (Lipinski definition) is 12. The SMILES string of the molecule is Cc1cc(=O)c2cc3c(cc2o1)O[C@](C)(CC[C@H]1CNC(=O)C1)[C@H](OOC[C@H](O)[C@](O)(C[NH+]1C=CC2=NC=CC21)[C@H](O)[C@H](O)CO)C3. The number of amides is 1. The molecule has 1 amide bonds. The number of nitrogens with zero attached hydrogens (tertiary/aromatic N) is 1. The fourth-order valence-corrected chi connectivity index (χ4v) is 6.87. The van der Waals surface area contributed by atoms with Gasteiger partial charge in [-0.1, -0.05) is 0 Å². The molecule has 6 rings (SSSR count). The average molecular weight is 657 g/mol. The molecule has 0 spiro atoms. The summed E-state index contributed by atoms with van der Waals surface area (Å²) in [5, 5.41) is 56.8. The summed E-state index contributed by atoms with van der Waals surface area (Å²) in [4.78, 5) is 40.9. The molecule has 14 nitrogen and oxygen atoms in total. The molecule has 9 atom stereocenters. The summed E-state index contributed by atoms with van der Waals surface area (Å²) in [6.45, 7) is 2.42. The zero-order valence-electron chi connectivity index (χ0n) is 26.3. The van der Waals surface area contributed by atoms with Crippen molar-refractivity contribution in [2.24, 2.45) is 10.9 Å². The molecule has 4 aliphatic heterocycles. The molecular formula is C33H42N3O11+. The number of carbonyl (C=O) groups excluding carboxylic acids is 1. The molecule has 0 radical (unpaired) electrons. The molecule has 1 aromatic heterocycles. The van der Waals surface area contributed by atoms with Crippen LogP contribution in [0.15, 0.2) is 57.0 Å². The lowest BCUT2D eigenvalue weighted by Gasteiger charge is -2.42. The Labute approximate surface area is 270 Å². The first-order valence-electron chi connectivity index (χ1n) is 15.9. The number of ether oxygens (including phenoxy) is 1. The normalized spacial score (nSPS) is 29.5. The quantitative estimate of drug-likeness (QED) is 0.0985. The summed E-state index contributed by atoms with van der Waals surface area (Å²) < 4.78 is 12.3. The molecule has 47 heavy (non-hydrogen) atoms. The van der Waals surface area contributed by atoms with Gasteiger partial charge in [-0.3, -0.25) is 19.5 Å². The molecule has 5 heterocycles. The molecule has 4 aliphatic rings. The van der Waals surface area contributed by atoms with Gasteiger partial charge in [0, 0.05) is 43.8 Å². The number of aryl methyl sites for hydroxylation is 1. The lowest BCUT2D eigenvalue weighted by atomic mass is 9.83. The molecule has 14 heteroatoms. The van der Waals surface area contributed by atoms with E-state index in [4.69, 9.17) is 18.9 Å². The van der Waals surface area contributed by atoms with Crippen molar-refractivity contribution in [2.75, 3.05) is 26.3 Å².